The van der Waals surface area contributed by atoms with Gasteiger partial charge in [0.1, 0.15) is 0 Å². The first-order valence-electron chi connectivity index (χ1n) is 9.51. The third-order valence-electron chi connectivity index (χ3n) is 5.14. The van der Waals surface area contributed by atoms with E-state index in [-0.39, 0.29) is 29.8 Å². The number of piperidine rings is 1. The van der Waals surface area contributed by atoms with Gasteiger partial charge in [-0.15, -0.1) is 0 Å². The largest absolute Gasteiger partial charge is 0.375 e. The summed E-state index contributed by atoms with van der Waals surface area (Å²) in [5.41, 5.74) is 1.76. The third kappa shape index (κ3) is 4.59. The van der Waals surface area contributed by atoms with Crippen molar-refractivity contribution in [1.29, 1.82) is 5.26 Å². The highest BCUT2D eigenvalue weighted by atomic mass is 35.5. The van der Waals surface area contributed by atoms with Crippen LogP contribution in [0.5, 0.6) is 0 Å². The summed E-state index contributed by atoms with van der Waals surface area (Å²) in [7, 11) is 0.0506. The number of carbonyl (C=O) groups excluding carboxylic acids is 1. The van der Waals surface area contributed by atoms with Crippen LogP contribution in [-0.2, 0) is 14.8 Å². The monoisotopic (exact) mass is 446 g/mol. The van der Waals surface area contributed by atoms with E-state index in [9.17, 15) is 13.2 Å². The summed E-state index contributed by atoms with van der Waals surface area (Å²) in [6.45, 7) is 0.521. The molecule has 1 fully saturated rings. The number of carbonyl (C=O) groups is 1. The molecular weight excluding hydrogens is 424 g/mol. The number of anilines is 2. The molecule has 3 rings (SSSR count). The Morgan fingerprint density at radius 1 is 1.17 bits per heavy atom. The lowest BCUT2D eigenvalue weighted by Crippen LogP contribution is -2.41. The number of rotatable bonds is 5. The summed E-state index contributed by atoms with van der Waals surface area (Å²) >= 11 is 6.26. The summed E-state index contributed by atoms with van der Waals surface area (Å²) in [4.78, 5) is 14.8. The standard InChI is InChI=1S/C21H23ClN4O3S/c1-25(2)20-18(22)4-3-5-19(20)24-21(27)16-10-12-26(13-11-16)30(28,29)17-8-6-15(14-23)7-9-17/h3-9,16H,10-13H2,1-2H3,(H,24,27). The molecule has 1 heterocycles. The predicted octanol–water partition coefficient (Wildman–Crippen LogP) is 3.32. The summed E-state index contributed by atoms with van der Waals surface area (Å²) in [5, 5.41) is 12.4. The van der Waals surface area contributed by atoms with Gasteiger partial charge in [0, 0.05) is 33.1 Å². The topological polar surface area (TPSA) is 93.5 Å². The summed E-state index contributed by atoms with van der Waals surface area (Å²) in [6, 6.07) is 13.2. The number of hydrogen-bond donors (Lipinski definition) is 1. The van der Waals surface area contributed by atoms with Crippen molar-refractivity contribution < 1.29 is 13.2 Å². The van der Waals surface area contributed by atoms with Crippen molar-refractivity contribution in [2.24, 2.45) is 5.92 Å². The van der Waals surface area contributed by atoms with E-state index in [1.54, 1.807) is 18.2 Å². The number of nitrogens with zero attached hydrogens (tertiary/aromatic N) is 3. The van der Waals surface area contributed by atoms with Crippen molar-refractivity contribution in [1.82, 2.24) is 4.31 Å². The molecule has 1 saturated heterocycles. The number of amides is 1. The SMILES string of the molecule is CN(C)c1c(Cl)cccc1NC(=O)C1CCN(S(=O)(=O)c2ccc(C#N)cc2)CC1. The van der Waals surface area contributed by atoms with Crippen LogP contribution in [0.3, 0.4) is 0 Å². The first-order chi connectivity index (χ1) is 14.2. The molecule has 0 unspecified atom stereocenters. The molecule has 1 amide bonds. The first kappa shape index (κ1) is 22.1. The van der Waals surface area contributed by atoms with Gasteiger partial charge in [-0.05, 0) is 49.2 Å². The second kappa shape index (κ2) is 9.04. The van der Waals surface area contributed by atoms with Gasteiger partial charge in [0.15, 0.2) is 0 Å². The number of nitriles is 1. The molecule has 30 heavy (non-hydrogen) atoms. The molecule has 1 aliphatic heterocycles. The van der Waals surface area contributed by atoms with E-state index in [0.29, 0.717) is 29.1 Å². The Morgan fingerprint density at radius 2 is 1.80 bits per heavy atom. The molecule has 7 nitrogen and oxygen atoms in total. The van der Waals surface area contributed by atoms with Crippen molar-refractivity contribution in [3.8, 4) is 6.07 Å². The Morgan fingerprint density at radius 3 is 2.37 bits per heavy atom. The number of benzene rings is 2. The van der Waals surface area contributed by atoms with Gasteiger partial charge in [-0.1, -0.05) is 17.7 Å². The van der Waals surface area contributed by atoms with Crippen LogP contribution in [0.25, 0.3) is 0 Å². The lowest BCUT2D eigenvalue weighted by Gasteiger charge is -2.31. The average molecular weight is 447 g/mol. The average Bonchev–Trinajstić information content (AvgIpc) is 2.73. The van der Waals surface area contributed by atoms with Crippen LogP contribution in [0.4, 0.5) is 11.4 Å². The number of halogens is 1. The minimum atomic E-state index is -3.65. The minimum absolute atomic E-state index is 0.143. The van der Waals surface area contributed by atoms with Crippen LogP contribution < -0.4 is 10.2 Å². The van der Waals surface area contributed by atoms with Crippen molar-refractivity contribution in [2.75, 3.05) is 37.4 Å². The predicted molar refractivity (Wildman–Crippen MR) is 117 cm³/mol. The van der Waals surface area contributed by atoms with Crippen molar-refractivity contribution in [3.05, 3.63) is 53.1 Å². The quantitative estimate of drug-likeness (QED) is 0.760. The normalized spacial score (nSPS) is 15.4. The summed E-state index contributed by atoms with van der Waals surface area (Å²) < 4.78 is 27.1. The van der Waals surface area contributed by atoms with Crippen LogP contribution in [0, 0.1) is 17.2 Å². The number of nitrogens with one attached hydrogen (secondary N) is 1. The Balaban J connectivity index is 1.66. The van der Waals surface area contributed by atoms with E-state index in [1.807, 2.05) is 25.1 Å². The minimum Gasteiger partial charge on any atom is -0.375 e. The second-order valence-electron chi connectivity index (χ2n) is 7.33. The highest BCUT2D eigenvalue weighted by Gasteiger charge is 2.32. The van der Waals surface area contributed by atoms with E-state index < -0.39 is 10.0 Å². The number of hydrogen-bond acceptors (Lipinski definition) is 5. The lowest BCUT2D eigenvalue weighted by molar-refractivity contribution is -0.120. The Bertz CT molecular complexity index is 1070. The van der Waals surface area contributed by atoms with E-state index in [0.717, 1.165) is 5.69 Å². The van der Waals surface area contributed by atoms with Gasteiger partial charge in [-0.25, -0.2) is 8.42 Å². The van der Waals surface area contributed by atoms with Gasteiger partial charge >= 0.3 is 0 Å². The molecule has 0 aliphatic carbocycles. The molecule has 0 aromatic heterocycles. The highest BCUT2D eigenvalue weighted by molar-refractivity contribution is 7.89. The molecule has 1 aliphatic rings. The van der Waals surface area contributed by atoms with Crippen LogP contribution in [-0.4, -0.2) is 45.8 Å². The van der Waals surface area contributed by atoms with Crippen molar-refractivity contribution in [3.63, 3.8) is 0 Å². The molecule has 0 radical (unpaired) electrons. The summed E-state index contributed by atoms with van der Waals surface area (Å²) in [6.07, 6.45) is 0.860. The number of sulfonamides is 1. The van der Waals surface area contributed by atoms with Gasteiger partial charge in [0.05, 0.1) is 32.9 Å². The van der Waals surface area contributed by atoms with E-state index >= 15 is 0 Å². The zero-order valence-corrected chi connectivity index (χ0v) is 18.4. The molecule has 0 bridgehead atoms. The fraction of sp³-hybridized carbons (Fsp3) is 0.333. The van der Waals surface area contributed by atoms with Crippen LogP contribution in [0.15, 0.2) is 47.4 Å². The van der Waals surface area contributed by atoms with Gasteiger partial charge in [-0.2, -0.15) is 9.57 Å². The molecule has 2 aromatic carbocycles. The molecular formula is C21H23ClN4O3S. The Hall–Kier alpha value is -2.60. The zero-order chi connectivity index (χ0) is 21.9. The molecule has 0 atom stereocenters. The maximum absolute atomic E-state index is 12.8. The molecule has 2 aromatic rings. The first-order valence-corrected chi connectivity index (χ1v) is 11.3. The lowest BCUT2D eigenvalue weighted by atomic mass is 9.97. The van der Waals surface area contributed by atoms with E-state index in [4.69, 9.17) is 16.9 Å². The maximum atomic E-state index is 12.8. The fourth-order valence-corrected chi connectivity index (χ4v) is 5.33. The van der Waals surface area contributed by atoms with E-state index in [2.05, 4.69) is 5.32 Å². The maximum Gasteiger partial charge on any atom is 0.243 e. The fourth-order valence-electron chi connectivity index (χ4n) is 3.51. The molecule has 0 spiro atoms. The van der Waals surface area contributed by atoms with E-state index in [1.165, 1.54) is 28.6 Å². The third-order valence-corrected chi connectivity index (χ3v) is 7.36. The summed E-state index contributed by atoms with van der Waals surface area (Å²) in [5.74, 6) is -0.429. The smallest absolute Gasteiger partial charge is 0.243 e. The van der Waals surface area contributed by atoms with Crippen LogP contribution in [0.1, 0.15) is 18.4 Å². The molecule has 1 N–H and O–H groups in total. The molecule has 158 valence electrons. The van der Waals surface area contributed by atoms with Gasteiger partial charge < -0.3 is 10.2 Å². The van der Waals surface area contributed by atoms with Crippen molar-refractivity contribution in [2.45, 2.75) is 17.7 Å². The second-order valence-corrected chi connectivity index (χ2v) is 9.68. The van der Waals surface area contributed by atoms with Gasteiger partial charge in [0.25, 0.3) is 0 Å². The Kier molecular flexibility index (Phi) is 6.66. The van der Waals surface area contributed by atoms with Crippen LogP contribution >= 0.6 is 11.6 Å². The highest BCUT2D eigenvalue weighted by Crippen LogP contribution is 2.33. The van der Waals surface area contributed by atoms with Gasteiger partial charge in [0.2, 0.25) is 15.9 Å². The molecule has 9 heteroatoms. The van der Waals surface area contributed by atoms with Crippen molar-refractivity contribution >= 4 is 38.9 Å². The number of para-hydroxylation sites is 1. The zero-order valence-electron chi connectivity index (χ0n) is 16.8. The van der Waals surface area contributed by atoms with Gasteiger partial charge in [-0.3, -0.25) is 4.79 Å². The van der Waals surface area contributed by atoms with Crippen LogP contribution in [0.2, 0.25) is 5.02 Å². The molecule has 0 saturated carbocycles. The Labute approximate surface area is 181 Å².